The fraction of sp³-hybridized carbons (Fsp3) is 0.462. The van der Waals surface area contributed by atoms with E-state index in [0.717, 1.165) is 27.8 Å². The maximum Gasteiger partial charge on any atom is 0.150 e. The maximum absolute atomic E-state index is 11.6. The molecule has 1 aliphatic rings. The van der Waals surface area contributed by atoms with Crippen LogP contribution in [0.4, 0.5) is 0 Å². The van der Waals surface area contributed by atoms with E-state index in [4.69, 9.17) is 11.6 Å². The summed E-state index contributed by atoms with van der Waals surface area (Å²) in [6.45, 7) is 0.661. The first-order chi connectivity index (χ1) is 9.48. The topological polar surface area (TPSA) is 52.0 Å². The standard InChI is InChI=1S/C13H14BrClN2O2S/c14-10-1-2-11-12(5-10)17(13(6-15)16-11)7-9-3-4-20(18,19)8-9/h1-2,5,9H,3-4,6-8H2. The summed E-state index contributed by atoms with van der Waals surface area (Å²) in [4.78, 5) is 4.51. The van der Waals surface area contributed by atoms with E-state index >= 15 is 0 Å². The lowest BCUT2D eigenvalue weighted by Gasteiger charge is -2.12. The van der Waals surface area contributed by atoms with Crippen LogP contribution in [-0.2, 0) is 22.3 Å². The van der Waals surface area contributed by atoms with Gasteiger partial charge in [0.15, 0.2) is 9.84 Å². The van der Waals surface area contributed by atoms with Crippen molar-refractivity contribution in [1.82, 2.24) is 9.55 Å². The van der Waals surface area contributed by atoms with E-state index in [-0.39, 0.29) is 11.7 Å². The summed E-state index contributed by atoms with van der Waals surface area (Å²) < 4.78 is 26.2. The molecule has 0 amide bonds. The van der Waals surface area contributed by atoms with E-state index in [1.807, 2.05) is 18.2 Å². The molecule has 0 aliphatic carbocycles. The minimum Gasteiger partial charge on any atom is -0.327 e. The molecular weight excluding hydrogens is 364 g/mol. The molecule has 1 atom stereocenters. The molecule has 0 radical (unpaired) electrons. The molecule has 1 unspecified atom stereocenters. The number of nitrogens with zero attached hydrogens (tertiary/aromatic N) is 2. The summed E-state index contributed by atoms with van der Waals surface area (Å²) in [5.74, 6) is 1.83. The van der Waals surface area contributed by atoms with Crippen molar-refractivity contribution in [3.63, 3.8) is 0 Å². The quantitative estimate of drug-likeness (QED) is 0.773. The lowest BCUT2D eigenvalue weighted by Crippen LogP contribution is -2.14. The number of halogens is 2. The van der Waals surface area contributed by atoms with Crippen LogP contribution in [0.3, 0.4) is 0 Å². The van der Waals surface area contributed by atoms with E-state index in [1.54, 1.807) is 0 Å². The van der Waals surface area contributed by atoms with E-state index in [2.05, 4.69) is 25.5 Å². The van der Waals surface area contributed by atoms with Gasteiger partial charge in [0.05, 0.1) is 28.4 Å². The Bertz CT molecular complexity index is 757. The van der Waals surface area contributed by atoms with Gasteiger partial charge in [-0.1, -0.05) is 15.9 Å². The van der Waals surface area contributed by atoms with Gasteiger partial charge in [0.25, 0.3) is 0 Å². The van der Waals surface area contributed by atoms with Crippen molar-refractivity contribution in [2.75, 3.05) is 11.5 Å². The number of benzene rings is 1. The summed E-state index contributed by atoms with van der Waals surface area (Å²) in [7, 11) is -2.86. The third-order valence-corrected chi connectivity index (χ3v) is 6.25. The molecule has 0 N–H and O–H groups in total. The van der Waals surface area contributed by atoms with Gasteiger partial charge in [0, 0.05) is 11.0 Å². The number of hydrogen-bond donors (Lipinski definition) is 0. The Morgan fingerprint density at radius 2 is 2.25 bits per heavy atom. The third kappa shape index (κ3) is 2.73. The summed E-state index contributed by atoms with van der Waals surface area (Å²) >= 11 is 9.43. The Labute approximate surface area is 131 Å². The second-order valence-electron chi connectivity index (χ2n) is 5.17. The highest BCUT2D eigenvalue weighted by Gasteiger charge is 2.29. The van der Waals surface area contributed by atoms with Crippen LogP contribution >= 0.6 is 27.5 Å². The smallest absolute Gasteiger partial charge is 0.150 e. The predicted molar refractivity (Wildman–Crippen MR) is 83.8 cm³/mol. The molecule has 0 bridgehead atoms. The number of aromatic nitrogens is 2. The minimum absolute atomic E-state index is 0.151. The molecular formula is C13H14BrClN2O2S. The molecule has 1 saturated heterocycles. The van der Waals surface area contributed by atoms with Crippen LogP contribution in [0.25, 0.3) is 11.0 Å². The lowest BCUT2D eigenvalue weighted by molar-refractivity contribution is 0.490. The average molecular weight is 378 g/mol. The zero-order valence-corrected chi connectivity index (χ0v) is 13.9. The lowest BCUT2D eigenvalue weighted by atomic mass is 10.1. The van der Waals surface area contributed by atoms with Gasteiger partial charge in [-0.05, 0) is 30.5 Å². The van der Waals surface area contributed by atoms with Crippen molar-refractivity contribution in [2.45, 2.75) is 18.8 Å². The number of imidazole rings is 1. The van der Waals surface area contributed by atoms with Crippen LogP contribution in [0.2, 0.25) is 0 Å². The third-order valence-electron chi connectivity index (χ3n) is 3.68. The minimum atomic E-state index is -2.86. The molecule has 0 spiro atoms. The fourth-order valence-electron chi connectivity index (χ4n) is 2.73. The molecule has 1 aromatic carbocycles. The van der Waals surface area contributed by atoms with E-state index in [0.29, 0.717) is 18.2 Å². The van der Waals surface area contributed by atoms with Gasteiger partial charge in [-0.15, -0.1) is 11.6 Å². The van der Waals surface area contributed by atoms with Gasteiger partial charge in [-0.3, -0.25) is 0 Å². The summed E-state index contributed by atoms with van der Waals surface area (Å²) in [5.41, 5.74) is 1.89. The Hall–Kier alpha value is -0.590. The molecule has 1 fully saturated rings. The van der Waals surface area contributed by atoms with E-state index in [1.165, 1.54) is 0 Å². The van der Waals surface area contributed by atoms with Gasteiger partial charge >= 0.3 is 0 Å². The molecule has 7 heteroatoms. The Morgan fingerprint density at radius 1 is 1.45 bits per heavy atom. The monoisotopic (exact) mass is 376 g/mol. The molecule has 0 saturated carbocycles. The van der Waals surface area contributed by atoms with Gasteiger partial charge in [0.1, 0.15) is 5.82 Å². The molecule has 1 aliphatic heterocycles. The van der Waals surface area contributed by atoms with Crippen LogP contribution in [-0.4, -0.2) is 29.5 Å². The van der Waals surface area contributed by atoms with Crippen LogP contribution in [0.5, 0.6) is 0 Å². The van der Waals surface area contributed by atoms with Crippen LogP contribution in [0, 0.1) is 5.92 Å². The second-order valence-corrected chi connectivity index (χ2v) is 8.59. The molecule has 2 aromatic rings. The molecule has 2 heterocycles. The van der Waals surface area contributed by atoms with Gasteiger partial charge < -0.3 is 4.57 Å². The SMILES string of the molecule is O=S1(=O)CCC(Cn2c(CCl)nc3ccc(Br)cc32)C1. The van der Waals surface area contributed by atoms with Gasteiger partial charge in [0.2, 0.25) is 0 Å². The molecule has 1 aromatic heterocycles. The molecule has 20 heavy (non-hydrogen) atoms. The number of rotatable bonds is 3. The van der Waals surface area contributed by atoms with Crippen molar-refractivity contribution in [3.05, 3.63) is 28.5 Å². The zero-order chi connectivity index (χ0) is 14.3. The number of sulfone groups is 1. The molecule has 4 nitrogen and oxygen atoms in total. The van der Waals surface area contributed by atoms with Crippen molar-refractivity contribution >= 4 is 48.4 Å². The van der Waals surface area contributed by atoms with Crippen LogP contribution in [0.15, 0.2) is 22.7 Å². The van der Waals surface area contributed by atoms with Crippen LogP contribution < -0.4 is 0 Å². The molecule has 3 rings (SSSR count). The van der Waals surface area contributed by atoms with Crippen LogP contribution in [0.1, 0.15) is 12.2 Å². The normalized spacial score (nSPS) is 21.6. The number of hydrogen-bond acceptors (Lipinski definition) is 3. The van der Waals surface area contributed by atoms with Crippen molar-refractivity contribution in [1.29, 1.82) is 0 Å². The summed E-state index contributed by atoms with van der Waals surface area (Å²) in [6, 6.07) is 5.89. The highest BCUT2D eigenvalue weighted by atomic mass is 79.9. The van der Waals surface area contributed by atoms with Gasteiger partial charge in [-0.25, -0.2) is 13.4 Å². The van der Waals surface area contributed by atoms with E-state index < -0.39 is 9.84 Å². The maximum atomic E-state index is 11.6. The predicted octanol–water partition coefficient (Wildman–Crippen LogP) is 2.97. The van der Waals surface area contributed by atoms with E-state index in [9.17, 15) is 8.42 Å². The Balaban J connectivity index is 1.99. The Morgan fingerprint density at radius 3 is 2.90 bits per heavy atom. The zero-order valence-electron chi connectivity index (χ0n) is 10.7. The number of fused-ring (bicyclic) bond motifs is 1. The summed E-state index contributed by atoms with van der Waals surface area (Å²) in [5, 5.41) is 0. The first kappa shape index (κ1) is 14.4. The van der Waals surface area contributed by atoms with Gasteiger partial charge in [-0.2, -0.15) is 0 Å². The number of alkyl halides is 1. The van der Waals surface area contributed by atoms with Crippen molar-refractivity contribution in [2.24, 2.45) is 5.92 Å². The largest absolute Gasteiger partial charge is 0.327 e. The first-order valence-electron chi connectivity index (χ1n) is 6.39. The Kier molecular flexibility index (Phi) is 3.81. The first-order valence-corrected chi connectivity index (χ1v) is 9.54. The highest BCUT2D eigenvalue weighted by molar-refractivity contribution is 9.10. The molecule has 108 valence electrons. The average Bonchev–Trinajstić information content (AvgIpc) is 2.91. The summed E-state index contributed by atoms with van der Waals surface area (Å²) in [6.07, 6.45) is 0.720. The van der Waals surface area contributed by atoms with Crippen molar-refractivity contribution in [3.8, 4) is 0 Å². The second kappa shape index (κ2) is 5.31. The van der Waals surface area contributed by atoms with Crippen molar-refractivity contribution < 1.29 is 8.42 Å². The highest BCUT2D eigenvalue weighted by Crippen LogP contribution is 2.26. The fourth-order valence-corrected chi connectivity index (χ4v) is 5.13.